The summed E-state index contributed by atoms with van der Waals surface area (Å²) in [6.07, 6.45) is 10.4. The van der Waals surface area contributed by atoms with Gasteiger partial charge in [0.2, 0.25) is 0 Å². The van der Waals surface area contributed by atoms with E-state index in [9.17, 15) is 0 Å². The Morgan fingerprint density at radius 1 is 1.30 bits per heavy atom. The Morgan fingerprint density at radius 3 is 3.00 bits per heavy atom. The highest BCUT2D eigenvalue weighted by Crippen LogP contribution is 2.26. The van der Waals surface area contributed by atoms with Gasteiger partial charge < -0.3 is 15.0 Å². The summed E-state index contributed by atoms with van der Waals surface area (Å²) >= 11 is 0. The third-order valence-corrected chi connectivity index (χ3v) is 4.32. The molecule has 0 aliphatic carbocycles. The van der Waals surface area contributed by atoms with Gasteiger partial charge in [-0.2, -0.15) is 0 Å². The molecule has 0 bridgehead atoms. The van der Waals surface area contributed by atoms with Crippen LogP contribution in [0, 0.1) is 0 Å². The van der Waals surface area contributed by atoms with Crippen molar-refractivity contribution >= 4 is 11.3 Å². The Bertz CT molecular complexity index is 575. The number of fused-ring (bicyclic) bond motifs is 1. The van der Waals surface area contributed by atoms with Crippen LogP contribution in [0.3, 0.4) is 0 Å². The van der Waals surface area contributed by atoms with Gasteiger partial charge in [0.25, 0.3) is 0 Å². The first-order chi connectivity index (χ1) is 9.81. The number of anilines is 1. The zero-order chi connectivity index (χ0) is 13.9. The molecule has 1 unspecified atom stereocenters. The largest absolute Gasteiger partial charge is 0.367 e. The number of nitrogens with two attached hydrogens (primary N) is 1. The van der Waals surface area contributed by atoms with Crippen LogP contribution >= 0.6 is 0 Å². The molecule has 0 aromatic carbocycles. The summed E-state index contributed by atoms with van der Waals surface area (Å²) in [5.41, 5.74) is 9.02. The Balaban J connectivity index is 1.91. The molecule has 1 aliphatic rings. The second kappa shape index (κ2) is 5.83. The zero-order valence-electron chi connectivity index (χ0n) is 12.3. The Kier molecular flexibility index (Phi) is 3.92. The number of pyridine rings is 1. The third-order valence-electron chi connectivity index (χ3n) is 4.32. The molecule has 0 saturated carbocycles. The quantitative estimate of drug-likeness (QED) is 0.930. The highest BCUT2D eigenvalue weighted by molar-refractivity contribution is 5.53. The van der Waals surface area contributed by atoms with Crippen molar-refractivity contribution in [2.24, 2.45) is 5.73 Å². The summed E-state index contributed by atoms with van der Waals surface area (Å²) in [4.78, 5) is 7.15. The van der Waals surface area contributed by atoms with Crippen LogP contribution in [0.1, 0.15) is 38.3 Å². The van der Waals surface area contributed by atoms with Crippen LogP contribution in [-0.2, 0) is 6.42 Å². The van der Waals surface area contributed by atoms with Gasteiger partial charge in [0.05, 0.1) is 11.4 Å². The highest BCUT2D eigenvalue weighted by Gasteiger charge is 2.21. The molecule has 2 N–H and O–H groups in total. The van der Waals surface area contributed by atoms with E-state index in [4.69, 9.17) is 5.73 Å². The smallest absolute Gasteiger partial charge is 0.137 e. The number of nitrogens with zero attached hydrogens (tertiary/aromatic N) is 3. The minimum atomic E-state index is 0.654. The lowest BCUT2D eigenvalue weighted by atomic mass is 9.99. The highest BCUT2D eigenvalue weighted by atomic mass is 15.2. The molecule has 0 radical (unpaired) electrons. The van der Waals surface area contributed by atoms with Gasteiger partial charge in [0.15, 0.2) is 0 Å². The molecule has 1 aliphatic heterocycles. The lowest BCUT2D eigenvalue weighted by Crippen LogP contribution is -2.39. The Labute approximate surface area is 120 Å². The van der Waals surface area contributed by atoms with Crippen LogP contribution in [0.25, 0.3) is 5.65 Å². The lowest BCUT2D eigenvalue weighted by molar-refractivity contribution is 0.449. The molecule has 0 spiro atoms. The average molecular weight is 272 g/mol. The average Bonchev–Trinajstić information content (AvgIpc) is 2.89. The molecule has 4 nitrogen and oxygen atoms in total. The van der Waals surface area contributed by atoms with Crippen molar-refractivity contribution in [2.75, 3.05) is 18.0 Å². The predicted octanol–water partition coefficient (Wildman–Crippen LogP) is 2.60. The van der Waals surface area contributed by atoms with E-state index in [-0.39, 0.29) is 0 Å². The van der Waals surface area contributed by atoms with Gasteiger partial charge in [0.1, 0.15) is 5.65 Å². The number of rotatable bonds is 4. The fraction of sp³-hybridized carbons (Fsp3) is 0.562. The number of hydrogen-bond donors (Lipinski definition) is 1. The van der Waals surface area contributed by atoms with E-state index < -0.39 is 0 Å². The van der Waals surface area contributed by atoms with Crippen LogP contribution in [0.15, 0.2) is 24.5 Å². The van der Waals surface area contributed by atoms with Crippen molar-refractivity contribution in [2.45, 2.75) is 45.1 Å². The molecule has 3 rings (SSSR count). The van der Waals surface area contributed by atoms with Crippen LogP contribution in [0.5, 0.6) is 0 Å². The normalized spacial score (nSPS) is 19.7. The Morgan fingerprint density at radius 2 is 2.20 bits per heavy atom. The fourth-order valence-electron chi connectivity index (χ4n) is 3.24. The van der Waals surface area contributed by atoms with Crippen molar-refractivity contribution in [3.05, 3.63) is 30.2 Å². The summed E-state index contributed by atoms with van der Waals surface area (Å²) in [5, 5.41) is 0. The second-order valence-electron chi connectivity index (χ2n) is 5.67. The maximum Gasteiger partial charge on any atom is 0.137 e. The number of piperidine rings is 1. The predicted molar refractivity (Wildman–Crippen MR) is 83.2 cm³/mol. The topological polar surface area (TPSA) is 46.6 Å². The van der Waals surface area contributed by atoms with Crippen LogP contribution in [0.2, 0.25) is 0 Å². The maximum absolute atomic E-state index is 5.61. The summed E-state index contributed by atoms with van der Waals surface area (Å²) in [5.74, 6) is 0. The maximum atomic E-state index is 5.61. The summed E-state index contributed by atoms with van der Waals surface area (Å²) in [7, 11) is 0. The van der Waals surface area contributed by atoms with Crippen LogP contribution in [-0.4, -0.2) is 28.5 Å². The first kappa shape index (κ1) is 13.4. The van der Waals surface area contributed by atoms with Gasteiger partial charge >= 0.3 is 0 Å². The molecule has 0 amide bonds. The third kappa shape index (κ3) is 2.52. The first-order valence-electron chi connectivity index (χ1n) is 7.76. The fourth-order valence-corrected chi connectivity index (χ4v) is 3.24. The number of hydrogen-bond acceptors (Lipinski definition) is 3. The molecule has 2 aromatic heterocycles. The van der Waals surface area contributed by atoms with Gasteiger partial charge in [-0.05, 0) is 44.4 Å². The zero-order valence-corrected chi connectivity index (χ0v) is 12.3. The molecule has 1 saturated heterocycles. The minimum Gasteiger partial charge on any atom is -0.367 e. The minimum absolute atomic E-state index is 0.654. The molecule has 108 valence electrons. The molecule has 20 heavy (non-hydrogen) atoms. The standard InChI is InChI=1S/C16H24N4/c1-2-14-5-3-4-10-20(14)15-6-7-16-18-13(8-9-17)11-19(16)12-15/h6-7,11-12,14H,2-5,8-10,17H2,1H3. The summed E-state index contributed by atoms with van der Waals surface area (Å²) in [6, 6.07) is 5.02. The van der Waals surface area contributed by atoms with Crippen molar-refractivity contribution < 1.29 is 0 Å². The summed E-state index contributed by atoms with van der Waals surface area (Å²) < 4.78 is 2.14. The van der Waals surface area contributed by atoms with Crippen molar-refractivity contribution in [3.63, 3.8) is 0 Å². The van der Waals surface area contributed by atoms with E-state index in [2.05, 4.69) is 45.7 Å². The molecule has 4 heteroatoms. The molecular weight excluding hydrogens is 248 g/mol. The van der Waals surface area contributed by atoms with E-state index >= 15 is 0 Å². The molecule has 3 heterocycles. The molecular formula is C16H24N4. The van der Waals surface area contributed by atoms with Gasteiger partial charge in [0, 0.05) is 31.4 Å². The van der Waals surface area contributed by atoms with E-state index in [0.717, 1.165) is 17.8 Å². The van der Waals surface area contributed by atoms with Crippen LogP contribution in [0.4, 0.5) is 5.69 Å². The SMILES string of the molecule is CCC1CCCCN1c1ccc2nc(CCN)cn2c1. The number of imidazole rings is 1. The monoisotopic (exact) mass is 272 g/mol. The summed E-state index contributed by atoms with van der Waals surface area (Å²) in [6.45, 7) is 4.12. The van der Waals surface area contributed by atoms with Crippen molar-refractivity contribution in [1.82, 2.24) is 9.38 Å². The van der Waals surface area contributed by atoms with E-state index in [1.165, 1.54) is 37.9 Å². The van der Waals surface area contributed by atoms with E-state index in [1.807, 2.05) is 0 Å². The molecule has 1 fully saturated rings. The lowest BCUT2D eigenvalue weighted by Gasteiger charge is -2.37. The molecule has 2 aromatic rings. The van der Waals surface area contributed by atoms with Crippen LogP contribution < -0.4 is 10.6 Å². The van der Waals surface area contributed by atoms with Gasteiger partial charge in [-0.15, -0.1) is 0 Å². The van der Waals surface area contributed by atoms with E-state index in [0.29, 0.717) is 12.6 Å². The van der Waals surface area contributed by atoms with E-state index in [1.54, 1.807) is 0 Å². The van der Waals surface area contributed by atoms with Crippen molar-refractivity contribution in [1.29, 1.82) is 0 Å². The van der Waals surface area contributed by atoms with Crippen molar-refractivity contribution in [3.8, 4) is 0 Å². The Hall–Kier alpha value is -1.55. The first-order valence-corrected chi connectivity index (χ1v) is 7.76. The van der Waals surface area contributed by atoms with Gasteiger partial charge in [-0.3, -0.25) is 0 Å². The number of aromatic nitrogens is 2. The second-order valence-corrected chi connectivity index (χ2v) is 5.67. The van der Waals surface area contributed by atoms with Gasteiger partial charge in [-0.1, -0.05) is 6.92 Å². The molecule has 1 atom stereocenters. The van der Waals surface area contributed by atoms with Gasteiger partial charge in [-0.25, -0.2) is 4.98 Å².